The summed E-state index contributed by atoms with van der Waals surface area (Å²) in [7, 11) is 1.63. The fraction of sp³-hybridized carbons (Fsp3) is 0.240. The second-order valence-corrected chi connectivity index (χ2v) is 8.29. The van der Waals surface area contributed by atoms with Crippen LogP contribution in [-0.4, -0.2) is 38.0 Å². The molecule has 3 heterocycles. The number of anilines is 1. The number of carbonyl (C=O) groups excluding carboxylic acids is 1. The number of aryl methyl sites for hydroxylation is 3. The van der Waals surface area contributed by atoms with Gasteiger partial charge < -0.3 is 10.1 Å². The van der Waals surface area contributed by atoms with Crippen molar-refractivity contribution >= 4 is 11.7 Å². The lowest BCUT2D eigenvalue weighted by molar-refractivity contribution is -0.116. The van der Waals surface area contributed by atoms with Gasteiger partial charge in [0, 0.05) is 23.5 Å². The first-order valence-corrected chi connectivity index (χ1v) is 10.8. The Morgan fingerprint density at radius 3 is 2.61 bits per heavy atom. The average Bonchev–Trinajstić information content (AvgIpc) is 3.15. The third-order valence-electron chi connectivity index (χ3n) is 6.03. The number of amides is 1. The van der Waals surface area contributed by atoms with E-state index in [0.29, 0.717) is 23.9 Å². The summed E-state index contributed by atoms with van der Waals surface area (Å²) < 4.78 is 6.81. The molecule has 1 atom stereocenters. The van der Waals surface area contributed by atoms with Gasteiger partial charge in [-0.05, 0) is 56.2 Å². The van der Waals surface area contributed by atoms with E-state index in [-0.39, 0.29) is 11.8 Å². The van der Waals surface area contributed by atoms with Gasteiger partial charge in [-0.3, -0.25) is 4.79 Å². The van der Waals surface area contributed by atoms with E-state index in [2.05, 4.69) is 52.5 Å². The first-order chi connectivity index (χ1) is 15.9. The number of benzene rings is 2. The maximum Gasteiger partial charge on any atom is 0.272 e. The maximum absolute atomic E-state index is 12.7. The molecule has 0 aliphatic carbocycles. The van der Waals surface area contributed by atoms with Crippen molar-refractivity contribution in [2.45, 2.75) is 33.1 Å². The highest BCUT2D eigenvalue weighted by Gasteiger charge is 2.34. The quantitative estimate of drug-likeness (QED) is 0.513. The van der Waals surface area contributed by atoms with Crippen LogP contribution in [-0.2, 0) is 4.79 Å². The Kier molecular flexibility index (Phi) is 5.12. The van der Waals surface area contributed by atoms with Crippen LogP contribution in [0.2, 0.25) is 0 Å². The fourth-order valence-electron chi connectivity index (χ4n) is 4.46. The van der Waals surface area contributed by atoms with Crippen molar-refractivity contribution in [1.82, 2.24) is 25.0 Å². The number of rotatable bonds is 4. The molecule has 33 heavy (non-hydrogen) atoms. The molecule has 0 bridgehead atoms. The molecule has 8 nitrogen and oxygen atoms in total. The highest BCUT2D eigenvalue weighted by atomic mass is 16.5. The number of hydrogen-bond donors (Lipinski definition) is 1. The van der Waals surface area contributed by atoms with Gasteiger partial charge in [0.15, 0.2) is 0 Å². The van der Waals surface area contributed by atoms with Gasteiger partial charge in [-0.2, -0.15) is 14.9 Å². The molecule has 0 saturated heterocycles. The lowest BCUT2D eigenvalue weighted by Gasteiger charge is -2.25. The lowest BCUT2D eigenvalue weighted by atomic mass is 9.83. The van der Waals surface area contributed by atoms with Crippen molar-refractivity contribution in [1.29, 1.82) is 0 Å². The summed E-state index contributed by atoms with van der Waals surface area (Å²) in [5.41, 5.74) is 6.82. The SMILES string of the molecule is COc1ccc(-c2cnnc(-n3nc(C)c4c3NC(=O)CC4c3ccc(C)cc3C)n2)cc1. The average molecular weight is 441 g/mol. The van der Waals surface area contributed by atoms with E-state index in [1.165, 1.54) is 5.56 Å². The summed E-state index contributed by atoms with van der Waals surface area (Å²) in [6, 6.07) is 13.9. The van der Waals surface area contributed by atoms with Crippen molar-refractivity contribution in [3.63, 3.8) is 0 Å². The Morgan fingerprint density at radius 2 is 1.88 bits per heavy atom. The molecule has 0 fully saturated rings. The summed E-state index contributed by atoms with van der Waals surface area (Å²) in [5.74, 6) is 1.52. The first kappa shape index (κ1) is 20.8. The topological polar surface area (TPSA) is 94.8 Å². The number of ether oxygens (including phenoxy) is 1. The van der Waals surface area contributed by atoms with E-state index in [9.17, 15) is 4.79 Å². The van der Waals surface area contributed by atoms with Crippen LogP contribution in [0.5, 0.6) is 5.75 Å². The fourth-order valence-corrected chi connectivity index (χ4v) is 4.46. The van der Waals surface area contributed by atoms with E-state index in [4.69, 9.17) is 9.84 Å². The minimum absolute atomic E-state index is 0.0621. The van der Waals surface area contributed by atoms with Crippen molar-refractivity contribution < 1.29 is 9.53 Å². The highest BCUT2D eigenvalue weighted by Crippen LogP contribution is 2.41. The van der Waals surface area contributed by atoms with Crippen LogP contribution in [0.25, 0.3) is 17.2 Å². The van der Waals surface area contributed by atoms with E-state index in [0.717, 1.165) is 33.7 Å². The number of nitrogens with zero attached hydrogens (tertiary/aromatic N) is 5. The molecule has 0 saturated carbocycles. The van der Waals surface area contributed by atoms with Gasteiger partial charge >= 0.3 is 0 Å². The number of hydrogen-bond acceptors (Lipinski definition) is 6. The third kappa shape index (κ3) is 3.73. The Bertz CT molecular complexity index is 1360. The number of methoxy groups -OCH3 is 1. The zero-order valence-corrected chi connectivity index (χ0v) is 19.0. The molecule has 4 aromatic rings. The van der Waals surface area contributed by atoms with Crippen LogP contribution in [0.3, 0.4) is 0 Å². The molecule has 1 aliphatic rings. The predicted octanol–water partition coefficient (Wildman–Crippen LogP) is 4.13. The summed E-state index contributed by atoms with van der Waals surface area (Å²) in [6.45, 7) is 6.10. The second-order valence-electron chi connectivity index (χ2n) is 8.29. The number of carbonyl (C=O) groups is 1. The van der Waals surface area contributed by atoms with Crippen molar-refractivity contribution in [3.8, 4) is 23.0 Å². The molecule has 1 amide bonds. The molecular weight excluding hydrogens is 416 g/mol. The third-order valence-corrected chi connectivity index (χ3v) is 6.03. The highest BCUT2D eigenvalue weighted by molar-refractivity contribution is 5.95. The van der Waals surface area contributed by atoms with Gasteiger partial charge in [0.2, 0.25) is 5.91 Å². The normalized spacial score (nSPS) is 15.2. The zero-order chi connectivity index (χ0) is 23.1. The molecule has 166 valence electrons. The Labute approximate surface area is 191 Å². The molecule has 2 aromatic heterocycles. The Morgan fingerprint density at radius 1 is 1.09 bits per heavy atom. The minimum atomic E-state index is -0.0826. The van der Waals surface area contributed by atoms with Crippen molar-refractivity contribution in [3.05, 3.63) is 76.6 Å². The lowest BCUT2D eigenvalue weighted by Crippen LogP contribution is -2.25. The minimum Gasteiger partial charge on any atom is -0.497 e. The molecule has 1 N–H and O–H groups in total. The predicted molar refractivity (Wildman–Crippen MR) is 125 cm³/mol. The van der Waals surface area contributed by atoms with Gasteiger partial charge in [-0.1, -0.05) is 23.8 Å². The molecule has 2 aromatic carbocycles. The first-order valence-electron chi connectivity index (χ1n) is 10.8. The monoisotopic (exact) mass is 440 g/mol. The van der Waals surface area contributed by atoms with E-state index < -0.39 is 0 Å². The van der Waals surface area contributed by atoms with E-state index in [1.807, 2.05) is 31.2 Å². The van der Waals surface area contributed by atoms with Crippen LogP contribution in [0.1, 0.15) is 40.3 Å². The van der Waals surface area contributed by atoms with Crippen LogP contribution in [0, 0.1) is 20.8 Å². The van der Waals surface area contributed by atoms with Gasteiger partial charge in [0.25, 0.3) is 5.95 Å². The molecule has 0 radical (unpaired) electrons. The van der Waals surface area contributed by atoms with Gasteiger partial charge in [-0.15, -0.1) is 5.10 Å². The zero-order valence-electron chi connectivity index (χ0n) is 19.0. The smallest absolute Gasteiger partial charge is 0.272 e. The summed E-state index contributed by atoms with van der Waals surface area (Å²) in [4.78, 5) is 17.4. The number of aromatic nitrogens is 5. The van der Waals surface area contributed by atoms with Gasteiger partial charge in [0.05, 0.1) is 24.7 Å². The molecule has 5 rings (SSSR count). The molecule has 0 spiro atoms. The van der Waals surface area contributed by atoms with Crippen molar-refractivity contribution in [2.24, 2.45) is 0 Å². The van der Waals surface area contributed by atoms with Crippen LogP contribution < -0.4 is 10.1 Å². The largest absolute Gasteiger partial charge is 0.497 e. The summed E-state index contributed by atoms with van der Waals surface area (Å²) in [6.07, 6.45) is 1.97. The molecule has 1 aliphatic heterocycles. The number of nitrogens with one attached hydrogen (secondary N) is 1. The van der Waals surface area contributed by atoms with Gasteiger partial charge in [-0.25, -0.2) is 4.98 Å². The Balaban J connectivity index is 1.60. The molecule has 8 heteroatoms. The molecule has 1 unspecified atom stereocenters. The summed E-state index contributed by atoms with van der Waals surface area (Å²) in [5, 5.41) is 16.0. The van der Waals surface area contributed by atoms with Crippen LogP contribution >= 0.6 is 0 Å². The van der Waals surface area contributed by atoms with Gasteiger partial charge in [0.1, 0.15) is 11.6 Å². The van der Waals surface area contributed by atoms with Crippen molar-refractivity contribution in [2.75, 3.05) is 12.4 Å². The van der Waals surface area contributed by atoms with E-state index in [1.54, 1.807) is 18.0 Å². The second kappa shape index (κ2) is 8.12. The number of fused-ring (bicyclic) bond motifs is 1. The molecular formula is C25H24N6O2. The Hall–Kier alpha value is -4.07. The summed E-state index contributed by atoms with van der Waals surface area (Å²) >= 11 is 0. The van der Waals surface area contributed by atoms with E-state index >= 15 is 0 Å². The van der Waals surface area contributed by atoms with Crippen LogP contribution in [0.15, 0.2) is 48.7 Å². The standard InChI is InChI=1S/C25H24N6O2/c1-14-5-10-19(15(2)11-14)20-12-22(32)28-24-23(20)16(3)30-31(24)25-27-21(13-26-29-25)17-6-8-18(33-4)9-7-17/h5-11,13,20H,12H2,1-4H3,(H,28,32). The van der Waals surface area contributed by atoms with Crippen LogP contribution in [0.4, 0.5) is 5.82 Å². The maximum atomic E-state index is 12.7.